The van der Waals surface area contributed by atoms with Gasteiger partial charge in [0.05, 0.1) is 11.7 Å². The largest absolute Gasteiger partial charge is 0.278 e. The van der Waals surface area contributed by atoms with Crippen LogP contribution in [0.1, 0.15) is 12.1 Å². The first-order valence-electron chi connectivity index (χ1n) is 8.19. The minimum atomic E-state index is -0.315. The van der Waals surface area contributed by atoms with Crippen LogP contribution >= 0.6 is 11.6 Å². The molecular weight excluding hydrogens is 339 g/mol. The van der Waals surface area contributed by atoms with Crippen molar-refractivity contribution in [3.05, 3.63) is 59.1 Å². The van der Waals surface area contributed by atoms with Gasteiger partial charge in [-0.1, -0.05) is 23.7 Å². The molecule has 4 aromatic rings. The molecule has 6 heteroatoms. The lowest BCUT2D eigenvalue weighted by Gasteiger charge is -2.07. The molecule has 25 heavy (non-hydrogen) atoms. The van der Waals surface area contributed by atoms with Crippen LogP contribution in [0.25, 0.3) is 33.3 Å². The Labute approximate surface area is 148 Å². The fourth-order valence-electron chi connectivity index (χ4n) is 3.60. The number of rotatable bonds is 2. The molecule has 0 bridgehead atoms. The van der Waals surface area contributed by atoms with Crippen LogP contribution < -0.4 is 0 Å². The highest BCUT2D eigenvalue weighted by Gasteiger charge is 2.25. The van der Waals surface area contributed by atoms with Gasteiger partial charge in [-0.3, -0.25) is 9.78 Å². The summed E-state index contributed by atoms with van der Waals surface area (Å²) in [5, 5.41) is 13.3. The summed E-state index contributed by atoms with van der Waals surface area (Å²) in [6.07, 6.45) is 3.78. The van der Waals surface area contributed by atoms with Gasteiger partial charge in [-0.15, -0.1) is 0 Å². The number of aromatic nitrogens is 4. The first kappa shape index (κ1) is 14.7. The summed E-state index contributed by atoms with van der Waals surface area (Å²) < 4.78 is 16.5. The summed E-state index contributed by atoms with van der Waals surface area (Å²) in [5.41, 5.74) is 5.17. The first-order valence-corrected chi connectivity index (χ1v) is 8.57. The molecule has 3 heterocycles. The predicted octanol–water partition coefficient (Wildman–Crippen LogP) is 4.83. The molecule has 1 aliphatic rings. The lowest BCUT2D eigenvalue weighted by Crippen LogP contribution is -1.94. The Kier molecular flexibility index (Phi) is 3.18. The summed E-state index contributed by atoms with van der Waals surface area (Å²) in [5.74, 6) is -0.315. The number of halogens is 2. The third-order valence-corrected chi connectivity index (χ3v) is 4.99. The molecule has 2 aromatic heterocycles. The molecule has 0 radical (unpaired) electrons. The molecule has 0 atom stereocenters. The minimum absolute atomic E-state index is 0.315. The van der Waals surface area contributed by atoms with E-state index in [1.807, 2.05) is 22.9 Å². The Hall–Kier alpha value is -2.66. The second-order valence-electron chi connectivity index (χ2n) is 6.29. The Morgan fingerprint density at radius 2 is 2.08 bits per heavy atom. The molecule has 1 aliphatic heterocycles. The van der Waals surface area contributed by atoms with Crippen LogP contribution in [0.5, 0.6) is 0 Å². The Balaban J connectivity index is 1.79. The van der Waals surface area contributed by atoms with Gasteiger partial charge in [0.25, 0.3) is 0 Å². The fraction of sp³-hybridized carbons (Fsp3) is 0.158. The van der Waals surface area contributed by atoms with E-state index in [-0.39, 0.29) is 5.82 Å². The zero-order valence-electron chi connectivity index (χ0n) is 13.3. The highest BCUT2D eigenvalue weighted by Crippen LogP contribution is 2.39. The molecule has 0 saturated heterocycles. The lowest BCUT2D eigenvalue weighted by atomic mass is 9.97. The Morgan fingerprint density at radius 3 is 3.00 bits per heavy atom. The lowest BCUT2D eigenvalue weighted by molar-refractivity contribution is 0.627. The van der Waals surface area contributed by atoms with Crippen molar-refractivity contribution in [2.24, 2.45) is 0 Å². The number of benzene rings is 2. The van der Waals surface area contributed by atoms with Crippen molar-refractivity contribution in [2.45, 2.75) is 19.4 Å². The van der Waals surface area contributed by atoms with Crippen LogP contribution in [-0.2, 0) is 13.0 Å². The second kappa shape index (κ2) is 5.43. The van der Waals surface area contributed by atoms with E-state index in [0.29, 0.717) is 16.3 Å². The van der Waals surface area contributed by atoms with Gasteiger partial charge in [-0.2, -0.15) is 10.2 Å². The van der Waals surface area contributed by atoms with Gasteiger partial charge in [-0.25, -0.2) is 4.39 Å². The van der Waals surface area contributed by atoms with E-state index in [1.165, 1.54) is 6.07 Å². The summed E-state index contributed by atoms with van der Waals surface area (Å²) in [4.78, 5) is 0. The van der Waals surface area contributed by atoms with Crippen molar-refractivity contribution in [3.8, 4) is 22.4 Å². The van der Waals surface area contributed by atoms with E-state index in [2.05, 4.69) is 10.2 Å². The number of nitrogens with zero attached hydrogens (tertiary/aromatic N) is 3. The molecule has 2 aromatic carbocycles. The van der Waals surface area contributed by atoms with Gasteiger partial charge >= 0.3 is 0 Å². The molecular formula is C19H14ClFN4. The molecule has 0 unspecified atom stereocenters. The molecule has 0 spiro atoms. The SMILES string of the molecule is Fc1ccc(Cl)cc1-c1nn2c(c1-c1ccc3cn[nH]c3c1)CCC2. The standard InChI is InChI=1S/C19H14ClFN4/c20-13-5-6-15(21)14(9-13)19-18(17-2-1-7-25(17)24-19)11-3-4-12-10-22-23-16(12)8-11/h3-6,8-10H,1-2,7H2,(H,22,23). The quantitative estimate of drug-likeness (QED) is 0.561. The van der Waals surface area contributed by atoms with E-state index >= 15 is 0 Å². The van der Waals surface area contributed by atoms with E-state index in [4.69, 9.17) is 16.7 Å². The minimum Gasteiger partial charge on any atom is -0.278 e. The van der Waals surface area contributed by atoms with Crippen molar-refractivity contribution in [1.82, 2.24) is 20.0 Å². The smallest absolute Gasteiger partial charge is 0.132 e. The number of aryl methyl sites for hydroxylation is 1. The van der Waals surface area contributed by atoms with E-state index in [0.717, 1.165) is 47.1 Å². The molecule has 0 amide bonds. The summed E-state index contributed by atoms with van der Waals surface area (Å²) in [6.45, 7) is 0.858. The van der Waals surface area contributed by atoms with Gasteiger partial charge in [0.2, 0.25) is 0 Å². The third kappa shape index (κ3) is 2.27. The maximum Gasteiger partial charge on any atom is 0.132 e. The van der Waals surface area contributed by atoms with Gasteiger partial charge in [-0.05, 0) is 42.7 Å². The van der Waals surface area contributed by atoms with Crippen LogP contribution in [0.4, 0.5) is 4.39 Å². The molecule has 1 N–H and O–H groups in total. The zero-order valence-corrected chi connectivity index (χ0v) is 14.0. The molecule has 0 fully saturated rings. The summed E-state index contributed by atoms with van der Waals surface area (Å²) >= 11 is 6.11. The Bertz CT molecular complexity index is 1110. The van der Waals surface area contributed by atoms with Crippen LogP contribution in [-0.4, -0.2) is 20.0 Å². The van der Waals surface area contributed by atoms with Gasteiger partial charge in [0.15, 0.2) is 0 Å². The maximum atomic E-state index is 14.5. The Morgan fingerprint density at radius 1 is 1.16 bits per heavy atom. The highest BCUT2D eigenvalue weighted by molar-refractivity contribution is 6.30. The monoisotopic (exact) mass is 352 g/mol. The summed E-state index contributed by atoms with van der Waals surface area (Å²) in [7, 11) is 0. The second-order valence-corrected chi connectivity index (χ2v) is 6.73. The van der Waals surface area contributed by atoms with E-state index < -0.39 is 0 Å². The number of hydrogen-bond acceptors (Lipinski definition) is 2. The molecule has 124 valence electrons. The van der Waals surface area contributed by atoms with Crippen molar-refractivity contribution in [1.29, 1.82) is 0 Å². The van der Waals surface area contributed by atoms with Crippen LogP contribution in [0.15, 0.2) is 42.6 Å². The molecule has 0 aliphatic carbocycles. The van der Waals surface area contributed by atoms with Crippen molar-refractivity contribution < 1.29 is 4.39 Å². The van der Waals surface area contributed by atoms with E-state index in [9.17, 15) is 4.39 Å². The normalized spacial score (nSPS) is 13.5. The summed E-state index contributed by atoms with van der Waals surface area (Å²) in [6, 6.07) is 10.7. The average molecular weight is 353 g/mol. The molecule has 4 nitrogen and oxygen atoms in total. The van der Waals surface area contributed by atoms with Crippen molar-refractivity contribution >= 4 is 22.5 Å². The topological polar surface area (TPSA) is 46.5 Å². The first-order chi connectivity index (χ1) is 12.2. The van der Waals surface area contributed by atoms with Crippen molar-refractivity contribution in [3.63, 3.8) is 0 Å². The number of nitrogens with one attached hydrogen (secondary N) is 1. The molecule has 5 rings (SSSR count). The van der Waals surface area contributed by atoms with Crippen LogP contribution in [0.3, 0.4) is 0 Å². The van der Waals surface area contributed by atoms with Gasteiger partial charge in [0.1, 0.15) is 11.5 Å². The maximum absolute atomic E-state index is 14.5. The predicted molar refractivity (Wildman–Crippen MR) is 96.0 cm³/mol. The van der Waals surface area contributed by atoms with E-state index in [1.54, 1.807) is 18.3 Å². The zero-order chi connectivity index (χ0) is 17.0. The van der Waals surface area contributed by atoms with Crippen LogP contribution in [0.2, 0.25) is 5.02 Å². The number of fused-ring (bicyclic) bond motifs is 2. The molecule has 0 saturated carbocycles. The van der Waals surface area contributed by atoms with Crippen molar-refractivity contribution in [2.75, 3.05) is 0 Å². The average Bonchev–Trinajstić information content (AvgIpc) is 3.30. The number of hydrogen-bond donors (Lipinski definition) is 1. The third-order valence-electron chi connectivity index (χ3n) is 4.76. The number of aromatic amines is 1. The fourth-order valence-corrected chi connectivity index (χ4v) is 3.77. The van der Waals surface area contributed by atoms with Crippen LogP contribution in [0, 0.1) is 5.82 Å². The highest BCUT2D eigenvalue weighted by atomic mass is 35.5. The van der Waals surface area contributed by atoms with Gasteiger partial charge < -0.3 is 0 Å². The number of H-pyrrole nitrogens is 1. The van der Waals surface area contributed by atoms with Gasteiger partial charge in [0, 0.05) is 33.8 Å².